The number of halogens is 4. The lowest BCUT2D eigenvalue weighted by molar-refractivity contribution is -0.137. The third kappa shape index (κ3) is 3.65. The van der Waals surface area contributed by atoms with E-state index in [9.17, 15) is 13.2 Å². The van der Waals surface area contributed by atoms with Crippen LogP contribution in [0.4, 0.5) is 13.2 Å². The standard InChI is InChI=1S/C14H15BrF3N3/c1-3-19-9(2)12-5-4-11(6-13(12)15)21-8-10(7-20-21)14(16,17)18/h4-9,19H,3H2,1-2H3. The molecule has 2 aromatic rings. The molecule has 0 aliphatic rings. The van der Waals surface area contributed by atoms with Crippen molar-refractivity contribution in [1.29, 1.82) is 0 Å². The molecule has 0 fully saturated rings. The molecule has 1 heterocycles. The molecule has 21 heavy (non-hydrogen) atoms. The van der Waals surface area contributed by atoms with Crippen molar-refractivity contribution >= 4 is 15.9 Å². The molecular weight excluding hydrogens is 347 g/mol. The van der Waals surface area contributed by atoms with E-state index in [0.717, 1.165) is 29.0 Å². The first-order chi connectivity index (χ1) is 9.82. The molecule has 0 saturated heterocycles. The summed E-state index contributed by atoms with van der Waals surface area (Å²) < 4.78 is 39.8. The van der Waals surface area contributed by atoms with Crippen molar-refractivity contribution in [2.45, 2.75) is 26.1 Å². The van der Waals surface area contributed by atoms with Crippen molar-refractivity contribution in [3.63, 3.8) is 0 Å². The number of benzene rings is 1. The quantitative estimate of drug-likeness (QED) is 0.878. The minimum atomic E-state index is -4.38. The van der Waals surface area contributed by atoms with Crippen molar-refractivity contribution < 1.29 is 13.2 Å². The summed E-state index contributed by atoms with van der Waals surface area (Å²) in [6, 6.07) is 5.54. The van der Waals surface area contributed by atoms with Crippen LogP contribution in [-0.2, 0) is 6.18 Å². The number of hydrogen-bond acceptors (Lipinski definition) is 2. The van der Waals surface area contributed by atoms with E-state index in [1.807, 2.05) is 19.9 Å². The van der Waals surface area contributed by atoms with Crippen LogP contribution in [0.25, 0.3) is 5.69 Å². The molecule has 2 rings (SSSR count). The van der Waals surface area contributed by atoms with Crippen LogP contribution in [0.15, 0.2) is 35.1 Å². The molecule has 0 bridgehead atoms. The summed E-state index contributed by atoms with van der Waals surface area (Å²) in [6.07, 6.45) is -2.58. The number of alkyl halides is 3. The minimum absolute atomic E-state index is 0.154. The number of aromatic nitrogens is 2. The Kier molecular flexibility index (Phi) is 4.73. The van der Waals surface area contributed by atoms with Crippen LogP contribution in [0.5, 0.6) is 0 Å². The number of hydrogen-bond donors (Lipinski definition) is 1. The minimum Gasteiger partial charge on any atom is -0.310 e. The van der Waals surface area contributed by atoms with Crippen LogP contribution in [0.2, 0.25) is 0 Å². The van der Waals surface area contributed by atoms with Crippen LogP contribution in [-0.4, -0.2) is 16.3 Å². The SMILES string of the molecule is CCNC(C)c1ccc(-n2cc(C(F)(F)F)cn2)cc1Br. The third-order valence-corrected chi connectivity index (χ3v) is 3.82. The molecule has 0 radical (unpaired) electrons. The van der Waals surface area contributed by atoms with Crippen LogP contribution in [0.3, 0.4) is 0 Å². The maximum Gasteiger partial charge on any atom is 0.419 e. The normalized spacial score (nSPS) is 13.4. The monoisotopic (exact) mass is 361 g/mol. The van der Waals surface area contributed by atoms with Gasteiger partial charge in [-0.1, -0.05) is 28.9 Å². The van der Waals surface area contributed by atoms with Gasteiger partial charge in [-0.05, 0) is 31.2 Å². The highest BCUT2D eigenvalue weighted by Crippen LogP contribution is 2.30. The molecule has 1 N–H and O–H groups in total. The zero-order chi connectivity index (χ0) is 15.6. The van der Waals surface area contributed by atoms with E-state index < -0.39 is 11.7 Å². The van der Waals surface area contributed by atoms with E-state index in [1.165, 1.54) is 4.68 Å². The Morgan fingerprint density at radius 3 is 2.62 bits per heavy atom. The van der Waals surface area contributed by atoms with E-state index >= 15 is 0 Å². The van der Waals surface area contributed by atoms with Crippen molar-refractivity contribution in [3.05, 3.63) is 46.2 Å². The maximum atomic E-state index is 12.6. The van der Waals surface area contributed by atoms with Gasteiger partial charge in [0.2, 0.25) is 0 Å². The van der Waals surface area contributed by atoms with E-state index in [-0.39, 0.29) is 6.04 Å². The van der Waals surface area contributed by atoms with Gasteiger partial charge in [-0.15, -0.1) is 0 Å². The lowest BCUT2D eigenvalue weighted by Gasteiger charge is -2.15. The zero-order valence-corrected chi connectivity index (χ0v) is 13.2. The van der Waals surface area contributed by atoms with Gasteiger partial charge >= 0.3 is 6.18 Å². The van der Waals surface area contributed by atoms with Gasteiger partial charge in [0.15, 0.2) is 0 Å². The molecule has 0 amide bonds. The van der Waals surface area contributed by atoms with Crippen LogP contribution < -0.4 is 5.32 Å². The van der Waals surface area contributed by atoms with Gasteiger partial charge in [-0.3, -0.25) is 0 Å². The highest BCUT2D eigenvalue weighted by Gasteiger charge is 2.32. The van der Waals surface area contributed by atoms with Crippen molar-refractivity contribution in [3.8, 4) is 5.69 Å². The van der Waals surface area contributed by atoms with Crippen molar-refractivity contribution in [1.82, 2.24) is 15.1 Å². The molecule has 1 atom stereocenters. The summed E-state index contributed by atoms with van der Waals surface area (Å²) in [4.78, 5) is 0. The molecule has 1 aromatic carbocycles. The lowest BCUT2D eigenvalue weighted by Crippen LogP contribution is -2.18. The molecule has 3 nitrogen and oxygen atoms in total. The highest BCUT2D eigenvalue weighted by molar-refractivity contribution is 9.10. The van der Waals surface area contributed by atoms with Gasteiger partial charge in [-0.2, -0.15) is 18.3 Å². The van der Waals surface area contributed by atoms with E-state index in [2.05, 4.69) is 26.3 Å². The summed E-state index contributed by atoms with van der Waals surface area (Å²) in [6.45, 7) is 4.88. The fourth-order valence-corrected chi connectivity index (χ4v) is 2.75. The first-order valence-corrected chi connectivity index (χ1v) is 7.27. The molecule has 114 valence electrons. The first kappa shape index (κ1) is 16.0. The summed E-state index contributed by atoms with van der Waals surface area (Å²) in [7, 11) is 0. The summed E-state index contributed by atoms with van der Waals surface area (Å²) in [5.41, 5.74) is 0.859. The van der Waals surface area contributed by atoms with Gasteiger partial charge in [-0.25, -0.2) is 4.68 Å². The molecular formula is C14H15BrF3N3. The Labute approximate surface area is 129 Å². The number of rotatable bonds is 4. The smallest absolute Gasteiger partial charge is 0.310 e. The molecule has 0 spiro atoms. The van der Waals surface area contributed by atoms with E-state index in [1.54, 1.807) is 12.1 Å². The number of nitrogens with zero attached hydrogens (tertiary/aromatic N) is 2. The molecule has 1 unspecified atom stereocenters. The molecule has 0 saturated carbocycles. The lowest BCUT2D eigenvalue weighted by atomic mass is 10.1. The first-order valence-electron chi connectivity index (χ1n) is 6.48. The van der Waals surface area contributed by atoms with E-state index in [0.29, 0.717) is 5.69 Å². The van der Waals surface area contributed by atoms with Gasteiger partial charge in [0, 0.05) is 16.7 Å². The highest BCUT2D eigenvalue weighted by atomic mass is 79.9. The Hall–Kier alpha value is -1.34. The van der Waals surface area contributed by atoms with Crippen LogP contribution in [0, 0.1) is 0 Å². The fraction of sp³-hybridized carbons (Fsp3) is 0.357. The topological polar surface area (TPSA) is 29.9 Å². The fourth-order valence-electron chi connectivity index (χ4n) is 2.04. The largest absolute Gasteiger partial charge is 0.419 e. The second-order valence-corrected chi connectivity index (χ2v) is 5.51. The second kappa shape index (κ2) is 6.19. The second-order valence-electron chi connectivity index (χ2n) is 4.66. The van der Waals surface area contributed by atoms with Gasteiger partial charge in [0.05, 0.1) is 17.4 Å². The predicted octanol–water partition coefficient (Wildman–Crippen LogP) is 4.32. The van der Waals surface area contributed by atoms with E-state index in [4.69, 9.17) is 0 Å². The Balaban J connectivity index is 2.30. The average Bonchev–Trinajstić information content (AvgIpc) is 2.88. The molecule has 1 aromatic heterocycles. The summed E-state index contributed by atoms with van der Waals surface area (Å²) >= 11 is 3.46. The molecule has 0 aliphatic carbocycles. The molecule has 0 aliphatic heterocycles. The zero-order valence-electron chi connectivity index (χ0n) is 11.6. The van der Waals surface area contributed by atoms with Gasteiger partial charge in [0.1, 0.15) is 0 Å². The van der Waals surface area contributed by atoms with Crippen molar-refractivity contribution in [2.75, 3.05) is 6.54 Å². The molecule has 7 heteroatoms. The van der Waals surface area contributed by atoms with Crippen molar-refractivity contribution in [2.24, 2.45) is 0 Å². The maximum absolute atomic E-state index is 12.6. The summed E-state index contributed by atoms with van der Waals surface area (Å²) in [5, 5.41) is 7.05. The Morgan fingerprint density at radius 1 is 1.38 bits per heavy atom. The average molecular weight is 362 g/mol. The van der Waals surface area contributed by atoms with Gasteiger partial charge in [0.25, 0.3) is 0 Å². The summed E-state index contributed by atoms with van der Waals surface area (Å²) in [5.74, 6) is 0. The Morgan fingerprint density at radius 2 is 2.10 bits per heavy atom. The van der Waals surface area contributed by atoms with Crippen LogP contribution >= 0.6 is 15.9 Å². The third-order valence-electron chi connectivity index (χ3n) is 3.14. The Bertz CT molecular complexity index is 622. The van der Waals surface area contributed by atoms with Gasteiger partial charge < -0.3 is 5.32 Å². The van der Waals surface area contributed by atoms with Crippen LogP contribution in [0.1, 0.15) is 31.0 Å². The number of nitrogens with one attached hydrogen (secondary N) is 1. The predicted molar refractivity (Wildman–Crippen MR) is 78.4 cm³/mol.